The highest BCUT2D eigenvalue weighted by molar-refractivity contribution is 7.89. The molecular formula is C19H16N2O5S2. The lowest BCUT2D eigenvalue weighted by molar-refractivity contribution is 0.0696. The molecule has 0 spiro atoms. The summed E-state index contributed by atoms with van der Waals surface area (Å²) >= 11 is 1.18. The maximum absolute atomic E-state index is 12.5. The van der Waals surface area contributed by atoms with Gasteiger partial charge in [0.05, 0.1) is 10.5 Å². The highest BCUT2D eigenvalue weighted by atomic mass is 32.2. The molecule has 0 saturated heterocycles. The molecular weight excluding hydrogens is 400 g/mol. The van der Waals surface area contributed by atoms with Gasteiger partial charge >= 0.3 is 5.97 Å². The van der Waals surface area contributed by atoms with Gasteiger partial charge in [0.25, 0.3) is 15.9 Å². The second-order valence-electron chi connectivity index (χ2n) is 5.92. The Bertz CT molecular complexity index is 1140. The number of benzene rings is 2. The number of carboxylic acids is 1. The molecule has 0 aliphatic heterocycles. The van der Waals surface area contributed by atoms with E-state index in [1.807, 2.05) is 36.0 Å². The second kappa shape index (κ2) is 7.93. The van der Waals surface area contributed by atoms with Crippen molar-refractivity contribution < 1.29 is 23.1 Å². The van der Waals surface area contributed by atoms with Crippen molar-refractivity contribution >= 4 is 33.2 Å². The first-order chi connectivity index (χ1) is 13.3. The van der Waals surface area contributed by atoms with Crippen LogP contribution in [0.1, 0.15) is 25.6 Å². The summed E-state index contributed by atoms with van der Waals surface area (Å²) in [5, 5.41) is 10.7. The van der Waals surface area contributed by atoms with Gasteiger partial charge in [0.2, 0.25) is 0 Å². The molecule has 3 rings (SSSR count). The highest BCUT2D eigenvalue weighted by Gasteiger charge is 2.20. The van der Waals surface area contributed by atoms with Crippen LogP contribution >= 0.6 is 11.3 Å². The van der Waals surface area contributed by atoms with E-state index < -0.39 is 21.9 Å². The Labute approximate surface area is 165 Å². The molecule has 0 aliphatic rings. The Morgan fingerprint density at radius 1 is 1.04 bits per heavy atom. The molecule has 0 bridgehead atoms. The minimum Gasteiger partial charge on any atom is -0.478 e. The molecule has 1 aromatic heterocycles. The average molecular weight is 416 g/mol. The quantitative estimate of drug-likeness (QED) is 0.535. The van der Waals surface area contributed by atoms with Crippen molar-refractivity contribution in [2.45, 2.75) is 11.8 Å². The molecule has 144 valence electrons. The van der Waals surface area contributed by atoms with E-state index in [0.717, 1.165) is 17.2 Å². The number of hydrogen-bond donors (Lipinski definition) is 3. The van der Waals surface area contributed by atoms with E-state index >= 15 is 0 Å². The molecule has 1 heterocycles. The summed E-state index contributed by atoms with van der Waals surface area (Å²) in [6, 6.07) is 14.2. The summed E-state index contributed by atoms with van der Waals surface area (Å²) in [6.45, 7) is 1.96. The Kier molecular flexibility index (Phi) is 5.59. The Morgan fingerprint density at radius 2 is 1.75 bits per heavy atom. The van der Waals surface area contributed by atoms with Crippen molar-refractivity contribution in [1.29, 1.82) is 0 Å². The number of hydrazine groups is 1. The minimum atomic E-state index is -4.13. The maximum Gasteiger partial charge on any atom is 0.335 e. The van der Waals surface area contributed by atoms with Crippen LogP contribution in [0.5, 0.6) is 0 Å². The average Bonchev–Trinajstić information content (AvgIpc) is 3.17. The summed E-state index contributed by atoms with van der Waals surface area (Å²) in [5.74, 6) is -1.86. The van der Waals surface area contributed by atoms with Gasteiger partial charge in [0.15, 0.2) is 0 Å². The third-order valence-corrected chi connectivity index (χ3v) is 6.08. The number of carboxylic acid groups (broad SMARTS) is 1. The van der Waals surface area contributed by atoms with Crippen LogP contribution in [-0.4, -0.2) is 25.4 Å². The van der Waals surface area contributed by atoms with Crippen LogP contribution in [-0.2, 0) is 10.0 Å². The fraction of sp³-hybridized carbons (Fsp3) is 0.0526. The summed E-state index contributed by atoms with van der Waals surface area (Å²) < 4.78 is 24.7. The molecule has 2 aromatic carbocycles. The number of carbonyl (C=O) groups is 2. The Hall–Kier alpha value is -3.01. The molecule has 3 N–H and O–H groups in total. The number of aryl methyl sites for hydroxylation is 1. The van der Waals surface area contributed by atoms with Crippen LogP contribution in [0, 0.1) is 6.92 Å². The molecule has 1 amide bonds. The molecule has 9 heteroatoms. The third-order valence-electron chi connectivity index (χ3n) is 3.92. The lowest BCUT2D eigenvalue weighted by Crippen LogP contribution is -2.41. The van der Waals surface area contributed by atoms with Crippen LogP contribution in [0.3, 0.4) is 0 Å². The summed E-state index contributed by atoms with van der Waals surface area (Å²) in [6.07, 6.45) is 0. The van der Waals surface area contributed by atoms with Crippen LogP contribution in [0.2, 0.25) is 0 Å². The topological polar surface area (TPSA) is 113 Å². The number of sulfonamides is 1. The smallest absolute Gasteiger partial charge is 0.335 e. The Balaban J connectivity index is 1.78. The monoisotopic (exact) mass is 416 g/mol. The molecule has 0 atom stereocenters. The van der Waals surface area contributed by atoms with Crippen LogP contribution in [0.25, 0.3) is 11.1 Å². The van der Waals surface area contributed by atoms with Gasteiger partial charge in [0, 0.05) is 5.56 Å². The van der Waals surface area contributed by atoms with E-state index in [9.17, 15) is 18.0 Å². The van der Waals surface area contributed by atoms with Crippen molar-refractivity contribution in [2.24, 2.45) is 0 Å². The molecule has 28 heavy (non-hydrogen) atoms. The van der Waals surface area contributed by atoms with Crippen molar-refractivity contribution in [3.05, 3.63) is 76.0 Å². The zero-order chi connectivity index (χ0) is 20.3. The number of amides is 1. The van der Waals surface area contributed by atoms with Crippen molar-refractivity contribution in [3.63, 3.8) is 0 Å². The number of rotatable bonds is 6. The number of hydrogen-bond acceptors (Lipinski definition) is 5. The summed E-state index contributed by atoms with van der Waals surface area (Å²) in [4.78, 5) is 25.6. The molecule has 7 nitrogen and oxygen atoms in total. The van der Waals surface area contributed by atoms with Crippen molar-refractivity contribution in [1.82, 2.24) is 10.3 Å². The van der Waals surface area contributed by atoms with Gasteiger partial charge in [0.1, 0.15) is 4.88 Å². The lowest BCUT2D eigenvalue weighted by Gasteiger charge is -2.09. The number of carbonyl (C=O) groups excluding carboxylic acids is 1. The van der Waals surface area contributed by atoms with E-state index in [1.165, 1.54) is 29.5 Å². The molecule has 0 radical (unpaired) electrons. The minimum absolute atomic E-state index is 0.172. The first kappa shape index (κ1) is 19.7. The molecule has 0 unspecified atom stereocenters. The summed E-state index contributed by atoms with van der Waals surface area (Å²) in [7, 11) is -4.13. The van der Waals surface area contributed by atoms with Crippen molar-refractivity contribution in [2.75, 3.05) is 0 Å². The van der Waals surface area contributed by atoms with E-state index in [-0.39, 0.29) is 10.5 Å². The van der Waals surface area contributed by atoms with Crippen LogP contribution in [0.15, 0.2) is 64.9 Å². The third kappa shape index (κ3) is 4.28. The van der Waals surface area contributed by atoms with Gasteiger partial charge in [-0.2, -0.15) is 0 Å². The Morgan fingerprint density at radius 3 is 2.43 bits per heavy atom. The number of nitrogens with one attached hydrogen (secondary N) is 2. The van der Waals surface area contributed by atoms with Gasteiger partial charge < -0.3 is 5.11 Å². The van der Waals surface area contributed by atoms with Gasteiger partial charge in [-0.25, -0.2) is 13.2 Å². The molecule has 0 fully saturated rings. The fourth-order valence-electron chi connectivity index (χ4n) is 2.47. The predicted molar refractivity (Wildman–Crippen MR) is 106 cm³/mol. The standard InChI is InChI=1S/C19H16N2O5S2/c1-12-5-7-13(8-6-12)16-9-10-27-17(16)18(22)20-21-28(25,26)15-4-2-3-14(11-15)19(23)24/h2-11,21H,1H3,(H,20,22)(H,23,24). The fourth-order valence-corrected chi connectivity index (χ4v) is 4.17. The second-order valence-corrected chi connectivity index (χ2v) is 8.52. The van der Waals surface area contributed by atoms with Gasteiger partial charge in [-0.15, -0.1) is 16.2 Å². The van der Waals surface area contributed by atoms with E-state index in [4.69, 9.17) is 5.11 Å². The van der Waals surface area contributed by atoms with E-state index in [0.29, 0.717) is 10.4 Å². The van der Waals surface area contributed by atoms with Gasteiger partial charge in [-0.1, -0.05) is 35.9 Å². The highest BCUT2D eigenvalue weighted by Crippen LogP contribution is 2.28. The molecule has 0 saturated carbocycles. The maximum atomic E-state index is 12.5. The zero-order valence-corrected chi connectivity index (χ0v) is 16.3. The first-order valence-electron chi connectivity index (χ1n) is 8.08. The van der Waals surface area contributed by atoms with E-state index in [1.54, 1.807) is 11.4 Å². The first-order valence-corrected chi connectivity index (χ1v) is 10.4. The SMILES string of the molecule is Cc1ccc(-c2ccsc2C(=O)NNS(=O)(=O)c2cccc(C(=O)O)c2)cc1. The van der Waals surface area contributed by atoms with Gasteiger partial charge in [-0.05, 0) is 42.1 Å². The largest absolute Gasteiger partial charge is 0.478 e. The predicted octanol–water partition coefficient (Wildman–Crippen LogP) is 3.05. The van der Waals surface area contributed by atoms with Gasteiger partial charge in [-0.3, -0.25) is 10.2 Å². The van der Waals surface area contributed by atoms with Crippen molar-refractivity contribution in [3.8, 4) is 11.1 Å². The van der Waals surface area contributed by atoms with Crippen LogP contribution < -0.4 is 10.3 Å². The zero-order valence-electron chi connectivity index (χ0n) is 14.7. The normalized spacial score (nSPS) is 11.2. The summed E-state index contributed by atoms with van der Waals surface area (Å²) in [5.41, 5.74) is 4.62. The lowest BCUT2D eigenvalue weighted by atomic mass is 10.1. The molecule has 3 aromatic rings. The molecule has 0 aliphatic carbocycles. The number of aromatic carboxylic acids is 1. The van der Waals surface area contributed by atoms with E-state index in [2.05, 4.69) is 5.43 Å². The number of thiophene rings is 1. The van der Waals surface area contributed by atoms with Crippen LogP contribution in [0.4, 0.5) is 0 Å².